The Morgan fingerprint density at radius 2 is 2.00 bits per heavy atom. The molecule has 4 rings (SSSR count). The van der Waals surface area contributed by atoms with E-state index < -0.39 is 5.82 Å². The number of halogens is 1. The number of morpholine rings is 1. The summed E-state index contributed by atoms with van der Waals surface area (Å²) in [5.41, 5.74) is 0.485. The Balaban J connectivity index is 1.52. The summed E-state index contributed by atoms with van der Waals surface area (Å²) < 4.78 is 19.6. The lowest BCUT2D eigenvalue weighted by molar-refractivity contribution is 0.0901. The van der Waals surface area contributed by atoms with E-state index >= 15 is 0 Å². The molecule has 2 aliphatic rings. The molecule has 0 aliphatic carbocycles. The van der Waals surface area contributed by atoms with Crippen LogP contribution in [0.4, 0.5) is 16.2 Å². The number of anilines is 2. The number of hydrogen-bond donors (Lipinski definition) is 0. The molecule has 7 nitrogen and oxygen atoms in total. The summed E-state index contributed by atoms with van der Waals surface area (Å²) in [6.45, 7) is 3.60. The van der Waals surface area contributed by atoms with Crippen molar-refractivity contribution in [3.63, 3.8) is 0 Å². The fourth-order valence-electron chi connectivity index (χ4n) is 3.59. The predicted molar refractivity (Wildman–Crippen MR) is 98.5 cm³/mol. The Morgan fingerprint density at radius 3 is 2.78 bits per heavy atom. The second kappa shape index (κ2) is 7.96. The van der Waals surface area contributed by atoms with Crippen LogP contribution in [-0.2, 0) is 4.74 Å². The Kier molecular flexibility index (Phi) is 5.24. The topological polar surface area (TPSA) is 71.5 Å². The third-order valence-corrected chi connectivity index (χ3v) is 5.02. The van der Waals surface area contributed by atoms with Crippen LogP contribution in [0.25, 0.3) is 0 Å². The molecule has 142 valence electrons. The molecule has 1 unspecified atom stereocenters. The molecule has 0 amide bonds. The van der Waals surface area contributed by atoms with Gasteiger partial charge in [0.1, 0.15) is 5.69 Å². The van der Waals surface area contributed by atoms with Gasteiger partial charge < -0.3 is 14.5 Å². The molecule has 2 aliphatic heterocycles. The van der Waals surface area contributed by atoms with Crippen LogP contribution in [0.15, 0.2) is 30.6 Å². The monoisotopic (exact) mass is 371 g/mol. The largest absolute Gasteiger partial charge is 0.378 e. The summed E-state index contributed by atoms with van der Waals surface area (Å²) in [4.78, 5) is 29.4. The van der Waals surface area contributed by atoms with Gasteiger partial charge in [-0.1, -0.05) is 6.07 Å². The third-order valence-electron chi connectivity index (χ3n) is 5.02. The van der Waals surface area contributed by atoms with Gasteiger partial charge in [-0.25, -0.2) is 9.37 Å². The van der Waals surface area contributed by atoms with Crippen molar-refractivity contribution in [3.8, 4) is 0 Å². The number of aromatic nitrogens is 3. The van der Waals surface area contributed by atoms with Crippen molar-refractivity contribution >= 4 is 17.5 Å². The molecule has 1 atom stereocenters. The number of ketones is 1. The number of piperidine rings is 1. The summed E-state index contributed by atoms with van der Waals surface area (Å²) in [7, 11) is 0. The fourth-order valence-corrected chi connectivity index (χ4v) is 3.59. The van der Waals surface area contributed by atoms with E-state index in [1.165, 1.54) is 6.20 Å². The van der Waals surface area contributed by atoms with Crippen LogP contribution in [0.1, 0.15) is 23.3 Å². The number of carbonyl (C=O) groups excluding carboxylic acids is 1. The minimum atomic E-state index is -0.432. The van der Waals surface area contributed by atoms with Crippen LogP contribution in [0, 0.1) is 11.7 Å². The van der Waals surface area contributed by atoms with E-state index in [9.17, 15) is 9.18 Å². The number of hydrogen-bond acceptors (Lipinski definition) is 7. The molecule has 0 radical (unpaired) electrons. The summed E-state index contributed by atoms with van der Waals surface area (Å²) in [5.74, 6) is 0.224. The van der Waals surface area contributed by atoms with Gasteiger partial charge in [-0.3, -0.25) is 9.78 Å². The highest BCUT2D eigenvalue weighted by atomic mass is 19.1. The lowest BCUT2D eigenvalue weighted by Gasteiger charge is -2.33. The normalized spacial score (nSPS) is 20.6. The fraction of sp³-hybridized carbons (Fsp3) is 0.474. The maximum atomic E-state index is 14.3. The first-order valence-corrected chi connectivity index (χ1v) is 9.28. The molecule has 2 fully saturated rings. The van der Waals surface area contributed by atoms with E-state index in [0.29, 0.717) is 50.3 Å². The Hall–Kier alpha value is -2.61. The molecule has 4 heterocycles. The predicted octanol–water partition coefficient (Wildman–Crippen LogP) is 1.95. The molecule has 0 saturated carbocycles. The minimum absolute atomic E-state index is 0.0378. The molecule has 2 aromatic heterocycles. The van der Waals surface area contributed by atoms with Crippen molar-refractivity contribution in [3.05, 3.63) is 42.1 Å². The number of Topliss-reactive ketones (excluding diaryl/α,β-unsaturated/α-hetero) is 1. The van der Waals surface area contributed by atoms with Gasteiger partial charge in [0.25, 0.3) is 0 Å². The summed E-state index contributed by atoms with van der Waals surface area (Å²) >= 11 is 0. The number of ether oxygens (including phenoxy) is 1. The second-order valence-electron chi connectivity index (χ2n) is 6.81. The van der Waals surface area contributed by atoms with Gasteiger partial charge in [-0.15, -0.1) is 0 Å². The Morgan fingerprint density at radius 1 is 1.15 bits per heavy atom. The highest BCUT2D eigenvalue weighted by molar-refractivity contribution is 5.96. The van der Waals surface area contributed by atoms with E-state index in [4.69, 9.17) is 4.74 Å². The zero-order chi connectivity index (χ0) is 18.6. The molecule has 2 aromatic rings. The van der Waals surface area contributed by atoms with Gasteiger partial charge in [0.2, 0.25) is 5.95 Å². The molecule has 27 heavy (non-hydrogen) atoms. The highest BCUT2D eigenvalue weighted by Crippen LogP contribution is 2.25. The van der Waals surface area contributed by atoms with Crippen molar-refractivity contribution in [2.75, 3.05) is 49.2 Å². The number of carbonyl (C=O) groups is 1. The first-order valence-electron chi connectivity index (χ1n) is 9.28. The first kappa shape index (κ1) is 17.8. The molecular weight excluding hydrogens is 349 g/mol. The molecular formula is C19H22FN5O2. The van der Waals surface area contributed by atoms with Crippen molar-refractivity contribution in [1.29, 1.82) is 0 Å². The van der Waals surface area contributed by atoms with Gasteiger partial charge in [-0.2, -0.15) is 4.98 Å². The lowest BCUT2D eigenvalue weighted by atomic mass is 9.92. The zero-order valence-corrected chi connectivity index (χ0v) is 15.1. The van der Waals surface area contributed by atoms with Gasteiger partial charge in [0.05, 0.1) is 19.4 Å². The third kappa shape index (κ3) is 3.90. The highest BCUT2D eigenvalue weighted by Gasteiger charge is 2.29. The summed E-state index contributed by atoms with van der Waals surface area (Å²) in [5, 5.41) is 0. The standard InChI is InChI=1S/C19H22FN5O2/c20-15-12-22-19(23-18(15)24-8-10-27-11-9-24)25-7-3-4-14(13-25)17(26)16-5-1-2-6-21-16/h1-2,5-6,12,14H,3-4,7-11,13H2. The van der Waals surface area contributed by atoms with E-state index in [2.05, 4.69) is 15.0 Å². The van der Waals surface area contributed by atoms with Gasteiger partial charge in [-0.05, 0) is 25.0 Å². The maximum Gasteiger partial charge on any atom is 0.227 e. The molecule has 0 aromatic carbocycles. The smallest absolute Gasteiger partial charge is 0.227 e. The van der Waals surface area contributed by atoms with Gasteiger partial charge in [0.15, 0.2) is 17.4 Å². The van der Waals surface area contributed by atoms with E-state index in [0.717, 1.165) is 19.4 Å². The molecule has 0 N–H and O–H groups in total. The van der Waals surface area contributed by atoms with Gasteiger partial charge >= 0.3 is 0 Å². The molecule has 8 heteroatoms. The van der Waals surface area contributed by atoms with Crippen LogP contribution in [0.3, 0.4) is 0 Å². The minimum Gasteiger partial charge on any atom is -0.378 e. The van der Waals surface area contributed by atoms with E-state index in [1.54, 1.807) is 18.3 Å². The lowest BCUT2D eigenvalue weighted by Crippen LogP contribution is -2.41. The number of rotatable bonds is 4. The van der Waals surface area contributed by atoms with E-state index in [1.807, 2.05) is 15.9 Å². The average Bonchev–Trinajstić information content (AvgIpc) is 2.75. The Labute approximate surface area is 157 Å². The Bertz CT molecular complexity index is 798. The van der Waals surface area contributed by atoms with Crippen LogP contribution >= 0.6 is 0 Å². The zero-order valence-electron chi connectivity index (χ0n) is 15.1. The van der Waals surface area contributed by atoms with Crippen LogP contribution < -0.4 is 9.80 Å². The van der Waals surface area contributed by atoms with Crippen molar-refractivity contribution in [2.24, 2.45) is 5.92 Å². The van der Waals surface area contributed by atoms with Crippen molar-refractivity contribution in [2.45, 2.75) is 12.8 Å². The summed E-state index contributed by atoms with van der Waals surface area (Å²) in [6.07, 6.45) is 4.52. The second-order valence-corrected chi connectivity index (χ2v) is 6.81. The maximum absolute atomic E-state index is 14.3. The SMILES string of the molecule is O=C(c1ccccn1)C1CCCN(c2ncc(F)c(N3CCOCC3)n2)C1. The quantitative estimate of drug-likeness (QED) is 0.761. The molecule has 0 bridgehead atoms. The molecule has 2 saturated heterocycles. The van der Waals surface area contributed by atoms with Crippen LogP contribution in [0.2, 0.25) is 0 Å². The summed E-state index contributed by atoms with van der Waals surface area (Å²) in [6, 6.07) is 5.36. The molecule has 0 spiro atoms. The van der Waals surface area contributed by atoms with E-state index in [-0.39, 0.29) is 11.7 Å². The van der Waals surface area contributed by atoms with Gasteiger partial charge in [0, 0.05) is 38.3 Å². The van der Waals surface area contributed by atoms with Crippen molar-refractivity contribution in [1.82, 2.24) is 15.0 Å². The number of nitrogens with zero attached hydrogens (tertiary/aromatic N) is 5. The van der Waals surface area contributed by atoms with Crippen LogP contribution in [-0.4, -0.2) is 60.1 Å². The first-order chi connectivity index (χ1) is 13.2. The van der Waals surface area contributed by atoms with Crippen LogP contribution in [0.5, 0.6) is 0 Å². The average molecular weight is 371 g/mol. The number of pyridine rings is 1. The van der Waals surface area contributed by atoms with Crippen molar-refractivity contribution < 1.29 is 13.9 Å².